The molecular weight excluding hydrogens is 494 g/mol. The van der Waals surface area contributed by atoms with Crippen molar-refractivity contribution in [3.63, 3.8) is 0 Å². The molecule has 8 heteroatoms. The van der Waals surface area contributed by atoms with Crippen LogP contribution in [0.5, 0.6) is 0 Å². The van der Waals surface area contributed by atoms with Gasteiger partial charge in [0.15, 0.2) is 11.2 Å². The maximum absolute atomic E-state index is 14.9. The second-order valence-electron chi connectivity index (χ2n) is 10.6. The maximum Gasteiger partial charge on any atom is 0.337 e. The van der Waals surface area contributed by atoms with Crippen LogP contribution in [-0.2, 0) is 30.4 Å². The van der Waals surface area contributed by atoms with Gasteiger partial charge in [0.25, 0.3) is 0 Å². The number of nitriles is 1. The van der Waals surface area contributed by atoms with Crippen LogP contribution in [0.3, 0.4) is 0 Å². The average molecular weight is 524 g/mol. The largest absolute Gasteiger partial charge is 0.463 e. The quantitative estimate of drug-likeness (QED) is 0.578. The number of allylic oxidation sites excluding steroid dienone is 1. The third-order valence-electron chi connectivity index (χ3n) is 7.34. The van der Waals surface area contributed by atoms with E-state index in [0.717, 1.165) is 5.56 Å². The highest BCUT2D eigenvalue weighted by molar-refractivity contribution is 6.22. The van der Waals surface area contributed by atoms with E-state index in [1.54, 1.807) is 31.2 Å². The fraction of sp³-hybridized carbons (Fsp3) is 0.290. The summed E-state index contributed by atoms with van der Waals surface area (Å²) in [6.45, 7) is 5.61. The predicted octanol–water partition coefficient (Wildman–Crippen LogP) is 4.36. The van der Waals surface area contributed by atoms with Gasteiger partial charge in [-0.05, 0) is 23.5 Å². The van der Waals surface area contributed by atoms with Crippen LogP contribution in [-0.4, -0.2) is 29.2 Å². The number of hydrogen-bond acceptors (Lipinski definition) is 7. The van der Waals surface area contributed by atoms with E-state index >= 15 is 0 Å². The Labute approximate surface area is 227 Å². The molecule has 39 heavy (non-hydrogen) atoms. The van der Waals surface area contributed by atoms with E-state index < -0.39 is 22.7 Å². The van der Waals surface area contributed by atoms with Gasteiger partial charge in [0.05, 0.1) is 30.0 Å². The maximum atomic E-state index is 14.9. The highest BCUT2D eigenvalue weighted by Crippen LogP contribution is 2.59. The second-order valence-corrected chi connectivity index (χ2v) is 10.6. The van der Waals surface area contributed by atoms with Gasteiger partial charge in [-0.25, -0.2) is 4.79 Å². The number of amides is 1. The van der Waals surface area contributed by atoms with Crippen molar-refractivity contribution in [1.29, 1.82) is 5.26 Å². The van der Waals surface area contributed by atoms with Crippen LogP contribution < -0.4 is 5.73 Å². The van der Waals surface area contributed by atoms with Crippen molar-refractivity contribution in [3.05, 3.63) is 100 Å². The summed E-state index contributed by atoms with van der Waals surface area (Å²) in [5.41, 5.74) is 4.99. The number of ether oxygens (including phenoxy) is 2. The minimum Gasteiger partial charge on any atom is -0.463 e. The van der Waals surface area contributed by atoms with E-state index in [0.29, 0.717) is 12.0 Å². The zero-order chi connectivity index (χ0) is 27.9. The average Bonchev–Trinajstić information content (AvgIpc) is 3.13. The first-order valence-electron chi connectivity index (χ1n) is 12.8. The second kappa shape index (κ2) is 9.59. The number of esters is 1. The lowest BCUT2D eigenvalue weighted by Gasteiger charge is -2.41. The molecule has 3 aliphatic rings. The number of rotatable bonds is 5. The number of benzene rings is 2. The zero-order valence-corrected chi connectivity index (χ0v) is 22.1. The predicted molar refractivity (Wildman–Crippen MR) is 142 cm³/mol. The first-order valence-corrected chi connectivity index (χ1v) is 12.8. The molecule has 0 bridgehead atoms. The molecule has 2 aliphatic heterocycles. The van der Waals surface area contributed by atoms with Crippen LogP contribution in [0.15, 0.2) is 89.0 Å². The van der Waals surface area contributed by atoms with Crippen molar-refractivity contribution in [3.8, 4) is 6.07 Å². The zero-order valence-electron chi connectivity index (χ0n) is 22.1. The van der Waals surface area contributed by atoms with Crippen molar-refractivity contribution in [2.75, 3.05) is 6.61 Å². The van der Waals surface area contributed by atoms with Crippen LogP contribution in [0, 0.1) is 22.2 Å². The summed E-state index contributed by atoms with van der Waals surface area (Å²) in [7, 11) is 0. The van der Waals surface area contributed by atoms with E-state index in [1.165, 1.54) is 4.90 Å². The van der Waals surface area contributed by atoms with Gasteiger partial charge in [0.2, 0.25) is 11.8 Å². The highest BCUT2D eigenvalue weighted by atomic mass is 16.5. The Bertz CT molecular complexity index is 1510. The summed E-state index contributed by atoms with van der Waals surface area (Å²) in [6.07, 6.45) is 0.413. The number of ketones is 1. The van der Waals surface area contributed by atoms with E-state index in [4.69, 9.17) is 15.2 Å². The van der Waals surface area contributed by atoms with Crippen molar-refractivity contribution >= 4 is 23.4 Å². The van der Waals surface area contributed by atoms with Crippen LogP contribution >= 0.6 is 0 Å². The van der Waals surface area contributed by atoms with E-state index in [-0.39, 0.29) is 59.4 Å². The smallest absolute Gasteiger partial charge is 0.337 e. The Balaban J connectivity index is 1.90. The summed E-state index contributed by atoms with van der Waals surface area (Å²) in [6, 6.07) is 20.3. The monoisotopic (exact) mass is 523 g/mol. The molecule has 2 aromatic carbocycles. The highest BCUT2D eigenvalue weighted by Gasteiger charge is 2.66. The molecule has 1 unspecified atom stereocenters. The van der Waals surface area contributed by atoms with Crippen LogP contribution in [0.4, 0.5) is 0 Å². The molecule has 0 aromatic heterocycles. The van der Waals surface area contributed by atoms with Gasteiger partial charge >= 0.3 is 5.97 Å². The van der Waals surface area contributed by atoms with Crippen LogP contribution in [0.1, 0.15) is 44.7 Å². The molecule has 1 aliphatic carbocycles. The number of Topliss-reactive ketones (excluding diaryl/α,β-unsaturated/α-hetero) is 1. The summed E-state index contributed by atoms with van der Waals surface area (Å²) in [4.78, 5) is 44.1. The molecule has 2 aromatic rings. The molecule has 5 rings (SSSR count). The van der Waals surface area contributed by atoms with Crippen molar-refractivity contribution < 1.29 is 23.9 Å². The molecule has 2 heterocycles. The number of hydrogen-bond donors (Lipinski definition) is 1. The summed E-state index contributed by atoms with van der Waals surface area (Å²) < 4.78 is 11.4. The van der Waals surface area contributed by atoms with Gasteiger partial charge < -0.3 is 20.1 Å². The van der Waals surface area contributed by atoms with Gasteiger partial charge in [-0.15, -0.1) is 0 Å². The molecule has 1 atom stereocenters. The minimum atomic E-state index is -2.09. The molecule has 0 saturated heterocycles. The Morgan fingerprint density at radius 2 is 1.72 bits per heavy atom. The number of fused-ring (bicyclic) bond motifs is 1. The number of carbonyl (C=O) groups is 3. The normalized spacial score (nSPS) is 22.2. The summed E-state index contributed by atoms with van der Waals surface area (Å²) >= 11 is 0. The Hall–Kier alpha value is -4.64. The van der Waals surface area contributed by atoms with Crippen molar-refractivity contribution in [2.45, 2.75) is 40.2 Å². The van der Waals surface area contributed by atoms with Gasteiger partial charge in [-0.2, -0.15) is 5.26 Å². The fourth-order valence-electron chi connectivity index (χ4n) is 5.86. The van der Waals surface area contributed by atoms with Crippen LogP contribution in [0.2, 0.25) is 0 Å². The summed E-state index contributed by atoms with van der Waals surface area (Å²) in [5, 5.41) is 10.4. The van der Waals surface area contributed by atoms with E-state index in [2.05, 4.69) is 0 Å². The standard InChI is InChI=1S/C31H29N3O5/c1-4-38-28(36)25-26(20-13-9-6-10-14-20)34(18-19-11-7-5-8-12-19)29(37)31(25)21(17-32)27(33)39-23-16-30(2,3)15-22(35)24(23)31/h5-14H,4,15-16,18,33H2,1-3H3. The number of nitrogens with zero attached hydrogens (tertiary/aromatic N) is 2. The molecule has 1 spiro atoms. The molecule has 0 radical (unpaired) electrons. The lowest BCUT2D eigenvalue weighted by atomic mass is 9.61. The molecule has 0 fully saturated rings. The molecule has 8 nitrogen and oxygen atoms in total. The van der Waals surface area contributed by atoms with E-state index in [9.17, 15) is 19.6 Å². The lowest BCUT2D eigenvalue weighted by Crippen LogP contribution is -2.49. The number of carbonyl (C=O) groups excluding carboxylic acids is 3. The Morgan fingerprint density at radius 1 is 1.08 bits per heavy atom. The van der Waals surface area contributed by atoms with Gasteiger partial charge in [-0.1, -0.05) is 74.5 Å². The molecule has 2 N–H and O–H groups in total. The van der Waals surface area contributed by atoms with E-state index in [1.807, 2.05) is 56.3 Å². The third-order valence-corrected chi connectivity index (χ3v) is 7.34. The SMILES string of the molecule is CCOC(=O)C1=C(c2ccccc2)N(Cc2ccccc2)C(=O)C12C(C#N)=C(N)OC1=C2C(=O)CC(C)(C)C1. The molecular formula is C31H29N3O5. The summed E-state index contributed by atoms with van der Waals surface area (Å²) in [5.74, 6) is -1.88. The van der Waals surface area contributed by atoms with Crippen molar-refractivity contribution in [1.82, 2.24) is 4.90 Å². The Kier molecular flexibility index (Phi) is 6.39. The Morgan fingerprint density at radius 3 is 2.33 bits per heavy atom. The first-order chi connectivity index (χ1) is 18.7. The van der Waals surface area contributed by atoms with Gasteiger partial charge in [0, 0.05) is 12.8 Å². The topological polar surface area (TPSA) is 123 Å². The molecule has 1 amide bonds. The minimum absolute atomic E-state index is 0.00961. The first kappa shape index (κ1) is 26.0. The number of nitrogens with two attached hydrogens (primary N) is 1. The molecule has 198 valence electrons. The van der Waals surface area contributed by atoms with Crippen molar-refractivity contribution in [2.24, 2.45) is 16.6 Å². The van der Waals surface area contributed by atoms with Gasteiger partial charge in [0.1, 0.15) is 17.4 Å². The lowest BCUT2D eigenvalue weighted by molar-refractivity contribution is -0.142. The fourth-order valence-corrected chi connectivity index (χ4v) is 5.86. The third kappa shape index (κ3) is 4.02. The van der Waals surface area contributed by atoms with Gasteiger partial charge in [-0.3, -0.25) is 9.59 Å². The molecule has 0 saturated carbocycles. The van der Waals surface area contributed by atoms with Crippen LogP contribution in [0.25, 0.3) is 5.70 Å².